The topological polar surface area (TPSA) is 79.4 Å². The molecule has 2 aromatic carbocycles. The maximum Gasteiger partial charge on any atom is 0.255 e. The highest BCUT2D eigenvalue weighted by molar-refractivity contribution is 7.89. The maximum atomic E-state index is 13.4. The highest BCUT2D eigenvalue weighted by Crippen LogP contribution is 2.35. The molecule has 1 aliphatic rings. The van der Waals surface area contributed by atoms with Crippen molar-refractivity contribution in [2.75, 3.05) is 11.9 Å². The Morgan fingerprint density at radius 2 is 1.87 bits per heavy atom. The molecule has 6 nitrogen and oxygen atoms in total. The van der Waals surface area contributed by atoms with Gasteiger partial charge < -0.3 is 5.32 Å². The Morgan fingerprint density at radius 1 is 1.06 bits per heavy atom. The zero-order chi connectivity index (χ0) is 21.8. The Morgan fingerprint density at radius 3 is 2.58 bits per heavy atom. The summed E-state index contributed by atoms with van der Waals surface area (Å²) < 4.78 is 28.3. The number of benzene rings is 2. The Hall–Kier alpha value is -3.03. The molecule has 1 aromatic heterocycles. The third-order valence-electron chi connectivity index (χ3n) is 5.52. The number of carbonyl (C=O) groups is 1. The van der Waals surface area contributed by atoms with Crippen LogP contribution in [0.1, 0.15) is 46.8 Å². The van der Waals surface area contributed by atoms with E-state index in [1.165, 1.54) is 0 Å². The van der Waals surface area contributed by atoms with Gasteiger partial charge in [-0.1, -0.05) is 30.2 Å². The molecule has 31 heavy (non-hydrogen) atoms. The Bertz CT molecular complexity index is 1160. The number of amides is 1. The van der Waals surface area contributed by atoms with Crippen LogP contribution in [0.15, 0.2) is 78.0 Å². The second-order valence-electron chi connectivity index (χ2n) is 7.76. The van der Waals surface area contributed by atoms with Crippen LogP contribution in [-0.4, -0.2) is 30.2 Å². The van der Waals surface area contributed by atoms with Crippen molar-refractivity contribution in [3.8, 4) is 0 Å². The van der Waals surface area contributed by atoms with Crippen molar-refractivity contribution in [2.24, 2.45) is 0 Å². The van der Waals surface area contributed by atoms with Gasteiger partial charge in [-0.2, -0.15) is 4.31 Å². The van der Waals surface area contributed by atoms with Gasteiger partial charge in [0, 0.05) is 30.2 Å². The molecule has 0 aliphatic carbocycles. The van der Waals surface area contributed by atoms with E-state index in [0.717, 1.165) is 30.4 Å². The van der Waals surface area contributed by atoms with Gasteiger partial charge in [-0.05, 0) is 67.8 Å². The largest absolute Gasteiger partial charge is 0.322 e. The monoisotopic (exact) mass is 435 g/mol. The van der Waals surface area contributed by atoms with Gasteiger partial charge in [0.25, 0.3) is 5.91 Å². The molecule has 2 heterocycles. The van der Waals surface area contributed by atoms with Crippen LogP contribution in [0.3, 0.4) is 0 Å². The number of carbonyl (C=O) groups excluding carboxylic acids is 1. The summed E-state index contributed by atoms with van der Waals surface area (Å²) in [6, 6.07) is 17.2. The lowest BCUT2D eigenvalue weighted by molar-refractivity contribution is 0.102. The zero-order valence-corrected chi connectivity index (χ0v) is 18.2. The van der Waals surface area contributed by atoms with Gasteiger partial charge in [0.1, 0.15) is 0 Å². The molecule has 1 saturated heterocycles. The number of aryl methyl sites for hydroxylation is 1. The summed E-state index contributed by atoms with van der Waals surface area (Å²) >= 11 is 0. The van der Waals surface area contributed by atoms with Crippen molar-refractivity contribution in [2.45, 2.75) is 37.1 Å². The van der Waals surface area contributed by atoms with Gasteiger partial charge in [-0.3, -0.25) is 9.78 Å². The summed E-state index contributed by atoms with van der Waals surface area (Å²) in [6.07, 6.45) is 6.02. The van der Waals surface area contributed by atoms with Crippen molar-refractivity contribution < 1.29 is 13.2 Å². The van der Waals surface area contributed by atoms with Crippen LogP contribution in [0, 0.1) is 6.92 Å². The molecule has 1 aliphatic heterocycles. The molecule has 0 unspecified atom stereocenters. The van der Waals surface area contributed by atoms with E-state index in [2.05, 4.69) is 10.3 Å². The van der Waals surface area contributed by atoms with Gasteiger partial charge in [0.15, 0.2) is 0 Å². The van der Waals surface area contributed by atoms with Gasteiger partial charge in [0.05, 0.1) is 10.9 Å². The number of nitrogens with zero attached hydrogens (tertiary/aromatic N) is 2. The molecule has 1 amide bonds. The number of rotatable bonds is 5. The minimum atomic E-state index is -3.67. The number of sulfonamides is 1. The van der Waals surface area contributed by atoms with Crippen molar-refractivity contribution in [3.05, 3.63) is 89.7 Å². The van der Waals surface area contributed by atoms with E-state index in [4.69, 9.17) is 0 Å². The first-order valence-corrected chi connectivity index (χ1v) is 11.8. The average molecular weight is 436 g/mol. The van der Waals surface area contributed by atoms with Crippen LogP contribution >= 0.6 is 0 Å². The molecule has 0 saturated carbocycles. The lowest BCUT2D eigenvalue weighted by atomic mass is 9.99. The standard InChI is InChI=1S/C24H25N3O3S/c1-18-6-4-7-19(16-18)24(28)26-21-10-12-22(13-11-21)31(29,30)27-15-3-2-9-23(27)20-8-5-14-25-17-20/h4-8,10-14,16-17,23H,2-3,9,15H2,1H3,(H,26,28)/t23-/m0/s1. The normalized spacial score (nSPS) is 17.3. The van der Waals surface area contributed by atoms with Crippen LogP contribution in [0.4, 0.5) is 5.69 Å². The average Bonchev–Trinajstić information content (AvgIpc) is 2.80. The second-order valence-corrected chi connectivity index (χ2v) is 9.65. The number of pyridine rings is 1. The molecule has 3 aromatic rings. The molecule has 1 atom stereocenters. The van der Waals surface area contributed by atoms with E-state index >= 15 is 0 Å². The molecule has 7 heteroatoms. The number of hydrogen-bond acceptors (Lipinski definition) is 4. The molecular weight excluding hydrogens is 410 g/mol. The van der Waals surface area contributed by atoms with Crippen LogP contribution in [-0.2, 0) is 10.0 Å². The zero-order valence-electron chi connectivity index (χ0n) is 17.4. The summed E-state index contributed by atoms with van der Waals surface area (Å²) in [5, 5.41) is 2.82. The quantitative estimate of drug-likeness (QED) is 0.637. The lowest BCUT2D eigenvalue weighted by Gasteiger charge is -2.34. The Kier molecular flexibility index (Phi) is 6.15. The Balaban J connectivity index is 1.54. The first kappa shape index (κ1) is 21.2. The van der Waals surface area contributed by atoms with E-state index in [0.29, 0.717) is 17.8 Å². The van der Waals surface area contributed by atoms with Crippen LogP contribution in [0.2, 0.25) is 0 Å². The summed E-state index contributed by atoms with van der Waals surface area (Å²) in [4.78, 5) is 16.8. The van der Waals surface area contributed by atoms with Crippen molar-refractivity contribution in [3.63, 3.8) is 0 Å². The fraction of sp³-hybridized carbons (Fsp3) is 0.250. The van der Waals surface area contributed by atoms with Crippen LogP contribution in [0.5, 0.6) is 0 Å². The molecule has 1 N–H and O–H groups in total. The van der Waals surface area contributed by atoms with Crippen LogP contribution < -0.4 is 5.32 Å². The van der Waals surface area contributed by atoms with Gasteiger partial charge in [-0.15, -0.1) is 0 Å². The third-order valence-corrected chi connectivity index (χ3v) is 7.44. The van der Waals surface area contributed by atoms with Crippen LogP contribution in [0.25, 0.3) is 0 Å². The molecule has 4 rings (SSSR count). The van der Waals surface area contributed by atoms with Crippen molar-refractivity contribution in [1.29, 1.82) is 0 Å². The predicted molar refractivity (Wildman–Crippen MR) is 120 cm³/mol. The van der Waals surface area contributed by atoms with E-state index in [1.54, 1.807) is 47.0 Å². The molecule has 160 valence electrons. The SMILES string of the molecule is Cc1cccc(C(=O)Nc2ccc(S(=O)(=O)N3CCCC[C@H]3c3cccnc3)cc2)c1. The van der Waals surface area contributed by atoms with E-state index in [1.807, 2.05) is 37.3 Å². The van der Waals surface area contributed by atoms with E-state index < -0.39 is 10.0 Å². The second kappa shape index (κ2) is 8.99. The first-order chi connectivity index (χ1) is 14.9. The lowest BCUT2D eigenvalue weighted by Crippen LogP contribution is -2.38. The molecule has 0 bridgehead atoms. The van der Waals surface area contributed by atoms with Gasteiger partial charge in [0.2, 0.25) is 10.0 Å². The highest BCUT2D eigenvalue weighted by atomic mass is 32.2. The third kappa shape index (κ3) is 4.68. The molecule has 0 radical (unpaired) electrons. The predicted octanol–water partition coefficient (Wildman–Crippen LogP) is 4.56. The fourth-order valence-electron chi connectivity index (χ4n) is 3.93. The molecule has 1 fully saturated rings. The summed E-state index contributed by atoms with van der Waals surface area (Å²) in [6.45, 7) is 2.41. The van der Waals surface area contributed by atoms with Gasteiger partial charge in [-0.25, -0.2) is 8.42 Å². The van der Waals surface area contributed by atoms with Crippen molar-refractivity contribution in [1.82, 2.24) is 9.29 Å². The summed E-state index contributed by atoms with van der Waals surface area (Å²) in [5.41, 5.74) is 3.02. The molecule has 0 spiro atoms. The summed E-state index contributed by atoms with van der Waals surface area (Å²) in [7, 11) is -3.67. The number of anilines is 1. The van der Waals surface area contributed by atoms with E-state index in [9.17, 15) is 13.2 Å². The minimum absolute atomic E-state index is 0.215. The highest BCUT2D eigenvalue weighted by Gasteiger charge is 2.34. The van der Waals surface area contributed by atoms with Crippen molar-refractivity contribution >= 4 is 21.6 Å². The minimum Gasteiger partial charge on any atom is -0.322 e. The first-order valence-electron chi connectivity index (χ1n) is 10.3. The smallest absolute Gasteiger partial charge is 0.255 e. The number of nitrogens with one attached hydrogen (secondary N) is 1. The number of piperidine rings is 1. The molecular formula is C24H25N3O3S. The number of hydrogen-bond donors (Lipinski definition) is 1. The summed E-state index contributed by atoms with van der Waals surface area (Å²) in [5.74, 6) is -0.230. The fourth-order valence-corrected chi connectivity index (χ4v) is 5.62. The maximum absolute atomic E-state index is 13.4. The number of aromatic nitrogens is 1. The Labute approximate surface area is 183 Å². The van der Waals surface area contributed by atoms with E-state index in [-0.39, 0.29) is 16.8 Å². The van der Waals surface area contributed by atoms with Gasteiger partial charge >= 0.3 is 0 Å².